The van der Waals surface area contributed by atoms with Gasteiger partial charge in [0.1, 0.15) is 0 Å². The van der Waals surface area contributed by atoms with Crippen LogP contribution in [-0.4, -0.2) is 23.8 Å². The molecular weight excluding hydrogens is 168 g/mol. The molecule has 2 atom stereocenters. The first kappa shape index (κ1) is 8.91. The lowest BCUT2D eigenvalue weighted by Crippen LogP contribution is -2.45. The van der Waals surface area contributed by atoms with Gasteiger partial charge in [0, 0.05) is 0 Å². The number of ether oxygens (including phenoxy) is 2. The van der Waals surface area contributed by atoms with E-state index >= 15 is 0 Å². The van der Waals surface area contributed by atoms with Crippen LogP contribution in [0, 0.1) is 0 Å². The second-order valence-corrected chi connectivity index (χ2v) is 3.99. The summed E-state index contributed by atoms with van der Waals surface area (Å²) in [5, 5.41) is 0. The largest absolute Gasteiger partial charge is 0.343 e. The molecule has 0 saturated carbocycles. The number of carbonyl (C=O) groups is 1. The van der Waals surface area contributed by atoms with Crippen LogP contribution in [0.2, 0.25) is 0 Å². The van der Waals surface area contributed by atoms with Crippen molar-refractivity contribution in [1.29, 1.82) is 0 Å². The van der Waals surface area contributed by atoms with Gasteiger partial charge in [-0.3, -0.25) is 4.79 Å². The molecule has 0 unspecified atom stereocenters. The summed E-state index contributed by atoms with van der Waals surface area (Å²) in [6.45, 7) is 7.66. The molecule has 0 amide bonds. The number of ketones is 1. The molecule has 2 aliphatic heterocycles. The average molecular weight is 182 g/mol. The fourth-order valence-electron chi connectivity index (χ4n) is 1.91. The van der Waals surface area contributed by atoms with Gasteiger partial charge in [-0.15, -0.1) is 0 Å². The van der Waals surface area contributed by atoms with Crippen LogP contribution in [0.1, 0.15) is 26.7 Å². The van der Waals surface area contributed by atoms with Gasteiger partial charge in [-0.1, -0.05) is 6.58 Å². The number of fused-ring (bicyclic) bond motifs is 2. The first-order valence-corrected chi connectivity index (χ1v) is 4.52. The monoisotopic (exact) mass is 182 g/mol. The lowest BCUT2D eigenvalue weighted by atomic mass is 9.88. The molecule has 13 heavy (non-hydrogen) atoms. The number of hydrogen-bond donors (Lipinski definition) is 0. The van der Waals surface area contributed by atoms with E-state index in [4.69, 9.17) is 9.47 Å². The zero-order valence-corrected chi connectivity index (χ0v) is 8.05. The highest BCUT2D eigenvalue weighted by Gasteiger charge is 2.55. The fourth-order valence-corrected chi connectivity index (χ4v) is 1.91. The molecule has 0 spiro atoms. The molecule has 0 aliphatic carbocycles. The molecule has 2 fully saturated rings. The van der Waals surface area contributed by atoms with Gasteiger partial charge in [-0.05, 0) is 32.3 Å². The normalized spacial score (nSPS) is 43.7. The Balaban J connectivity index is 2.33. The van der Waals surface area contributed by atoms with Crippen LogP contribution < -0.4 is 0 Å². The molecule has 2 rings (SSSR count). The summed E-state index contributed by atoms with van der Waals surface area (Å²) >= 11 is 0. The molecule has 3 heteroatoms. The molecule has 0 radical (unpaired) electrons. The van der Waals surface area contributed by atoms with Crippen LogP contribution in [0.5, 0.6) is 0 Å². The van der Waals surface area contributed by atoms with E-state index in [9.17, 15) is 4.79 Å². The Hall–Kier alpha value is -0.670. The van der Waals surface area contributed by atoms with Crippen molar-refractivity contribution in [2.75, 3.05) is 6.61 Å². The van der Waals surface area contributed by atoms with Crippen molar-refractivity contribution in [2.24, 2.45) is 0 Å². The fraction of sp³-hybridized carbons (Fsp3) is 0.700. The van der Waals surface area contributed by atoms with Gasteiger partial charge in [0.15, 0.2) is 17.2 Å². The number of Topliss-reactive ketones (excluding diaryl/α,β-unsaturated/α-hetero) is 1. The molecule has 3 nitrogen and oxygen atoms in total. The van der Waals surface area contributed by atoms with Gasteiger partial charge >= 0.3 is 0 Å². The summed E-state index contributed by atoms with van der Waals surface area (Å²) in [5.41, 5.74) is 0.248. The van der Waals surface area contributed by atoms with Crippen LogP contribution in [0.15, 0.2) is 12.2 Å². The smallest absolute Gasteiger partial charge is 0.189 e. The van der Waals surface area contributed by atoms with E-state index in [2.05, 4.69) is 6.58 Å². The Labute approximate surface area is 77.7 Å². The van der Waals surface area contributed by atoms with Crippen molar-refractivity contribution < 1.29 is 14.3 Å². The van der Waals surface area contributed by atoms with Gasteiger partial charge in [0.2, 0.25) is 0 Å². The third-order valence-electron chi connectivity index (χ3n) is 3.09. The van der Waals surface area contributed by atoms with Gasteiger partial charge in [-0.25, -0.2) is 0 Å². The standard InChI is InChI=1S/C10H14O3/c1-7-4-5-10(8(2)11)6-12-9(7,3)13-10/h1,4-6H2,2-3H3/t9-,10+/m1/s1. The summed E-state index contributed by atoms with van der Waals surface area (Å²) in [6, 6.07) is 0. The average Bonchev–Trinajstić information content (AvgIpc) is 2.36. The predicted octanol–water partition coefficient (Wildman–Crippen LogP) is 1.43. The summed E-state index contributed by atoms with van der Waals surface area (Å²) < 4.78 is 11.2. The first-order valence-electron chi connectivity index (χ1n) is 4.52. The topological polar surface area (TPSA) is 35.5 Å². The highest BCUT2D eigenvalue weighted by molar-refractivity contribution is 5.85. The van der Waals surface area contributed by atoms with E-state index in [1.807, 2.05) is 6.92 Å². The Morgan fingerprint density at radius 1 is 1.62 bits per heavy atom. The van der Waals surface area contributed by atoms with Gasteiger partial charge in [0.25, 0.3) is 0 Å². The number of carbonyl (C=O) groups excluding carboxylic acids is 1. The van der Waals surface area contributed by atoms with E-state index in [1.165, 1.54) is 0 Å². The van der Waals surface area contributed by atoms with Crippen LogP contribution >= 0.6 is 0 Å². The lowest BCUT2D eigenvalue weighted by Gasteiger charge is -2.35. The molecule has 72 valence electrons. The van der Waals surface area contributed by atoms with Gasteiger partial charge in [0.05, 0.1) is 6.61 Å². The van der Waals surface area contributed by atoms with Crippen molar-refractivity contribution in [3.05, 3.63) is 12.2 Å². The van der Waals surface area contributed by atoms with Crippen LogP contribution in [0.4, 0.5) is 0 Å². The van der Waals surface area contributed by atoms with Crippen molar-refractivity contribution in [3.63, 3.8) is 0 Å². The molecule has 2 aliphatic rings. The summed E-state index contributed by atoms with van der Waals surface area (Å²) in [6.07, 6.45) is 1.52. The first-order chi connectivity index (χ1) is 5.99. The predicted molar refractivity (Wildman–Crippen MR) is 47.2 cm³/mol. The SMILES string of the molecule is C=C1CC[C@@]2(C(C)=O)CO[C@]1(C)O2. The molecule has 2 saturated heterocycles. The third kappa shape index (κ3) is 1.07. The summed E-state index contributed by atoms with van der Waals surface area (Å²) in [4.78, 5) is 11.4. The molecule has 0 aromatic rings. The lowest BCUT2D eigenvalue weighted by molar-refractivity contribution is -0.174. The molecule has 0 aromatic carbocycles. The van der Waals surface area contributed by atoms with Crippen LogP contribution in [0.25, 0.3) is 0 Å². The van der Waals surface area contributed by atoms with E-state index in [0.29, 0.717) is 13.0 Å². The zero-order chi connectivity index (χ0) is 9.69. The quantitative estimate of drug-likeness (QED) is 0.575. The maximum atomic E-state index is 11.4. The zero-order valence-electron chi connectivity index (χ0n) is 8.05. The van der Waals surface area contributed by atoms with Crippen LogP contribution in [0.3, 0.4) is 0 Å². The molecule has 2 heterocycles. The summed E-state index contributed by atoms with van der Waals surface area (Å²) in [7, 11) is 0. The van der Waals surface area contributed by atoms with Crippen LogP contribution in [-0.2, 0) is 14.3 Å². The van der Waals surface area contributed by atoms with E-state index in [1.54, 1.807) is 6.92 Å². The number of rotatable bonds is 1. The van der Waals surface area contributed by atoms with Crippen molar-refractivity contribution in [3.8, 4) is 0 Å². The Morgan fingerprint density at radius 2 is 2.31 bits per heavy atom. The molecule has 2 bridgehead atoms. The van der Waals surface area contributed by atoms with E-state index in [0.717, 1.165) is 12.0 Å². The maximum absolute atomic E-state index is 11.4. The minimum absolute atomic E-state index is 0.0590. The third-order valence-corrected chi connectivity index (χ3v) is 3.09. The Kier molecular flexibility index (Phi) is 1.66. The van der Waals surface area contributed by atoms with E-state index in [-0.39, 0.29) is 5.78 Å². The van der Waals surface area contributed by atoms with Gasteiger partial charge in [-0.2, -0.15) is 0 Å². The minimum Gasteiger partial charge on any atom is -0.343 e. The molecule has 0 aromatic heterocycles. The maximum Gasteiger partial charge on any atom is 0.189 e. The second kappa shape index (κ2) is 2.42. The Morgan fingerprint density at radius 3 is 2.92 bits per heavy atom. The second-order valence-electron chi connectivity index (χ2n) is 3.99. The highest BCUT2D eigenvalue weighted by Crippen LogP contribution is 2.45. The summed E-state index contributed by atoms with van der Waals surface area (Å²) in [5.74, 6) is -0.659. The highest BCUT2D eigenvalue weighted by atomic mass is 16.8. The van der Waals surface area contributed by atoms with Crippen molar-refractivity contribution in [2.45, 2.75) is 38.1 Å². The Bertz CT molecular complexity index is 284. The van der Waals surface area contributed by atoms with Crippen molar-refractivity contribution in [1.82, 2.24) is 0 Å². The molecular formula is C10H14O3. The molecule has 0 N–H and O–H groups in total. The number of hydrogen-bond acceptors (Lipinski definition) is 3. The van der Waals surface area contributed by atoms with Gasteiger partial charge < -0.3 is 9.47 Å². The van der Waals surface area contributed by atoms with Crippen molar-refractivity contribution >= 4 is 5.78 Å². The minimum atomic E-state index is -0.718. The van der Waals surface area contributed by atoms with E-state index < -0.39 is 11.4 Å².